The second kappa shape index (κ2) is 6.88. The summed E-state index contributed by atoms with van der Waals surface area (Å²) in [7, 11) is 0. The highest BCUT2D eigenvalue weighted by atomic mass is 79.9. The molecule has 0 saturated carbocycles. The fourth-order valence-corrected chi connectivity index (χ4v) is 4.15. The minimum atomic E-state index is -0.442. The Labute approximate surface area is 133 Å². The average molecular weight is 353 g/mol. The zero-order valence-corrected chi connectivity index (χ0v) is 14.5. The fraction of sp³-hybridized carbons (Fsp3) is 0.412. The SMILES string of the molecule is CCC(C)C(c1ccccc1)C(O)c1cc(Br)c(C)s1. The molecule has 20 heavy (non-hydrogen) atoms. The van der Waals surface area contributed by atoms with E-state index in [2.05, 4.69) is 54.9 Å². The molecule has 108 valence electrons. The van der Waals surface area contributed by atoms with Crippen LogP contribution in [0, 0.1) is 12.8 Å². The van der Waals surface area contributed by atoms with Crippen molar-refractivity contribution < 1.29 is 5.11 Å². The molecule has 1 N–H and O–H groups in total. The first-order valence-corrected chi connectivity index (χ1v) is 8.64. The van der Waals surface area contributed by atoms with Gasteiger partial charge in [0, 0.05) is 20.1 Å². The average Bonchev–Trinajstić information content (AvgIpc) is 2.80. The van der Waals surface area contributed by atoms with Gasteiger partial charge in [0.1, 0.15) is 0 Å². The number of benzene rings is 1. The molecule has 1 nitrogen and oxygen atoms in total. The van der Waals surface area contributed by atoms with Crippen LogP contribution in [0.1, 0.15) is 47.6 Å². The molecule has 1 aromatic carbocycles. The third-order valence-electron chi connectivity index (χ3n) is 3.95. The molecule has 0 aliphatic carbocycles. The first kappa shape index (κ1) is 15.7. The number of halogens is 1. The quantitative estimate of drug-likeness (QED) is 0.733. The first-order chi connectivity index (χ1) is 9.54. The lowest BCUT2D eigenvalue weighted by Crippen LogP contribution is -2.17. The minimum absolute atomic E-state index is 0.145. The molecule has 0 radical (unpaired) electrons. The molecular formula is C17H21BrOS. The molecule has 1 aromatic heterocycles. The molecule has 0 aliphatic rings. The van der Waals surface area contributed by atoms with Crippen molar-refractivity contribution in [1.29, 1.82) is 0 Å². The van der Waals surface area contributed by atoms with Gasteiger partial charge in [0.2, 0.25) is 0 Å². The Morgan fingerprint density at radius 1 is 1.25 bits per heavy atom. The van der Waals surface area contributed by atoms with E-state index in [1.807, 2.05) is 18.2 Å². The molecule has 0 fully saturated rings. The van der Waals surface area contributed by atoms with Gasteiger partial charge < -0.3 is 5.11 Å². The molecule has 0 saturated heterocycles. The van der Waals surface area contributed by atoms with Crippen molar-refractivity contribution in [2.24, 2.45) is 5.92 Å². The normalized spacial score (nSPS) is 15.8. The number of aryl methyl sites for hydroxylation is 1. The highest BCUT2D eigenvalue weighted by Gasteiger charge is 2.28. The van der Waals surface area contributed by atoms with Crippen molar-refractivity contribution in [3.63, 3.8) is 0 Å². The third kappa shape index (κ3) is 3.33. The van der Waals surface area contributed by atoms with E-state index in [1.165, 1.54) is 10.4 Å². The summed E-state index contributed by atoms with van der Waals surface area (Å²) in [4.78, 5) is 2.26. The van der Waals surface area contributed by atoms with Crippen LogP contribution in [-0.4, -0.2) is 5.11 Å². The zero-order valence-electron chi connectivity index (χ0n) is 12.1. The Morgan fingerprint density at radius 2 is 1.90 bits per heavy atom. The predicted octanol–water partition coefficient (Wildman–Crippen LogP) is 5.68. The van der Waals surface area contributed by atoms with Crippen LogP contribution >= 0.6 is 27.3 Å². The molecule has 0 spiro atoms. The molecular weight excluding hydrogens is 332 g/mol. The Bertz CT molecular complexity index is 530. The lowest BCUT2D eigenvalue weighted by Gasteiger charge is -2.28. The molecule has 3 unspecified atom stereocenters. The highest BCUT2D eigenvalue weighted by molar-refractivity contribution is 9.10. The summed E-state index contributed by atoms with van der Waals surface area (Å²) in [6, 6.07) is 12.4. The second-order valence-corrected chi connectivity index (χ2v) is 7.46. The standard InChI is InChI=1S/C17H21BrOS/c1-4-11(2)16(13-8-6-5-7-9-13)17(19)15-10-14(18)12(3)20-15/h5-11,16-17,19H,4H2,1-3H3. The van der Waals surface area contributed by atoms with E-state index in [-0.39, 0.29) is 5.92 Å². The van der Waals surface area contributed by atoms with Crippen LogP contribution in [0.25, 0.3) is 0 Å². The van der Waals surface area contributed by atoms with E-state index in [1.54, 1.807) is 11.3 Å². The summed E-state index contributed by atoms with van der Waals surface area (Å²) in [5.41, 5.74) is 1.22. The molecule has 0 aliphatic heterocycles. The van der Waals surface area contributed by atoms with Gasteiger partial charge in [-0.25, -0.2) is 0 Å². The van der Waals surface area contributed by atoms with Crippen LogP contribution < -0.4 is 0 Å². The number of thiophene rings is 1. The topological polar surface area (TPSA) is 20.2 Å². The Balaban J connectivity index is 2.36. The van der Waals surface area contributed by atoms with Crippen molar-refractivity contribution in [2.75, 3.05) is 0 Å². The molecule has 0 bridgehead atoms. The van der Waals surface area contributed by atoms with E-state index in [9.17, 15) is 5.11 Å². The number of hydrogen-bond acceptors (Lipinski definition) is 2. The van der Waals surface area contributed by atoms with Crippen LogP contribution in [0.4, 0.5) is 0 Å². The van der Waals surface area contributed by atoms with Crippen molar-refractivity contribution >= 4 is 27.3 Å². The maximum absolute atomic E-state index is 10.9. The maximum atomic E-state index is 10.9. The predicted molar refractivity (Wildman–Crippen MR) is 90.4 cm³/mol. The Kier molecular flexibility index (Phi) is 5.42. The molecule has 1 heterocycles. The summed E-state index contributed by atoms with van der Waals surface area (Å²) in [5, 5.41) is 10.9. The first-order valence-electron chi connectivity index (χ1n) is 7.03. The van der Waals surface area contributed by atoms with Gasteiger partial charge in [0.25, 0.3) is 0 Å². The fourth-order valence-electron chi connectivity index (χ4n) is 2.56. The van der Waals surface area contributed by atoms with E-state index in [4.69, 9.17) is 0 Å². The van der Waals surface area contributed by atoms with E-state index >= 15 is 0 Å². The molecule has 3 heteroatoms. The summed E-state index contributed by atoms with van der Waals surface area (Å²) >= 11 is 5.22. The van der Waals surface area contributed by atoms with Crippen LogP contribution in [-0.2, 0) is 0 Å². The number of aliphatic hydroxyl groups is 1. The van der Waals surface area contributed by atoms with Gasteiger partial charge >= 0.3 is 0 Å². The van der Waals surface area contributed by atoms with Gasteiger partial charge in [-0.05, 0) is 40.4 Å². The molecule has 0 amide bonds. The summed E-state index contributed by atoms with van der Waals surface area (Å²) in [6.45, 7) is 6.48. The monoisotopic (exact) mass is 352 g/mol. The van der Waals surface area contributed by atoms with Crippen molar-refractivity contribution in [2.45, 2.75) is 39.2 Å². The van der Waals surface area contributed by atoms with Gasteiger partial charge in [-0.3, -0.25) is 0 Å². The van der Waals surface area contributed by atoms with Crippen molar-refractivity contribution in [1.82, 2.24) is 0 Å². The van der Waals surface area contributed by atoms with Gasteiger partial charge in [0.15, 0.2) is 0 Å². The smallest absolute Gasteiger partial charge is 0.0953 e. The third-order valence-corrected chi connectivity index (χ3v) is 6.16. The zero-order chi connectivity index (χ0) is 14.7. The molecule has 2 aromatic rings. The van der Waals surface area contributed by atoms with Gasteiger partial charge in [0.05, 0.1) is 6.10 Å². The van der Waals surface area contributed by atoms with Gasteiger partial charge in [-0.15, -0.1) is 11.3 Å². The molecule has 2 rings (SSSR count). The maximum Gasteiger partial charge on any atom is 0.0953 e. The van der Waals surface area contributed by atoms with E-state index < -0.39 is 6.10 Å². The number of rotatable bonds is 5. The number of hydrogen-bond donors (Lipinski definition) is 1. The van der Waals surface area contributed by atoms with Crippen molar-refractivity contribution in [3.8, 4) is 0 Å². The van der Waals surface area contributed by atoms with Crippen LogP contribution in [0.15, 0.2) is 40.9 Å². The van der Waals surface area contributed by atoms with Crippen LogP contribution in [0.3, 0.4) is 0 Å². The summed E-state index contributed by atoms with van der Waals surface area (Å²) < 4.78 is 1.09. The highest BCUT2D eigenvalue weighted by Crippen LogP contribution is 2.42. The van der Waals surface area contributed by atoms with Gasteiger partial charge in [-0.1, -0.05) is 50.6 Å². The Hall–Kier alpha value is -0.640. The van der Waals surface area contributed by atoms with Crippen LogP contribution in [0.5, 0.6) is 0 Å². The van der Waals surface area contributed by atoms with E-state index in [0.717, 1.165) is 15.8 Å². The largest absolute Gasteiger partial charge is 0.387 e. The molecule has 3 atom stereocenters. The summed E-state index contributed by atoms with van der Waals surface area (Å²) in [6.07, 6.45) is 0.615. The summed E-state index contributed by atoms with van der Waals surface area (Å²) in [5.74, 6) is 0.583. The lowest BCUT2D eigenvalue weighted by molar-refractivity contribution is 0.121. The van der Waals surface area contributed by atoms with Gasteiger partial charge in [-0.2, -0.15) is 0 Å². The number of aliphatic hydroxyl groups excluding tert-OH is 1. The lowest BCUT2D eigenvalue weighted by atomic mass is 9.81. The minimum Gasteiger partial charge on any atom is -0.387 e. The van der Waals surface area contributed by atoms with Crippen molar-refractivity contribution in [3.05, 3.63) is 56.2 Å². The Morgan fingerprint density at radius 3 is 2.40 bits per heavy atom. The van der Waals surface area contributed by atoms with E-state index in [0.29, 0.717) is 5.92 Å². The van der Waals surface area contributed by atoms with Crippen LogP contribution in [0.2, 0.25) is 0 Å². The second-order valence-electron chi connectivity index (χ2n) is 5.32.